The van der Waals surface area contributed by atoms with Crippen molar-refractivity contribution in [3.05, 3.63) is 16.1 Å². The fourth-order valence-corrected chi connectivity index (χ4v) is 3.65. The molecule has 1 aromatic heterocycles. The monoisotopic (exact) mass is 253 g/mol. The Hall–Kier alpha value is -0.450. The quantitative estimate of drug-likeness (QED) is 0.900. The molecular weight excluding hydrogens is 230 g/mol. The van der Waals surface area contributed by atoms with Gasteiger partial charge >= 0.3 is 0 Å². The van der Waals surface area contributed by atoms with Crippen LogP contribution in [0.1, 0.15) is 49.4 Å². The Morgan fingerprint density at radius 2 is 2.35 bits per heavy atom. The maximum absolute atomic E-state index is 6.37. The van der Waals surface area contributed by atoms with Crippen molar-refractivity contribution in [1.29, 1.82) is 0 Å². The van der Waals surface area contributed by atoms with E-state index in [1.54, 1.807) is 11.3 Å². The molecule has 2 rings (SSSR count). The Labute approximate surface area is 108 Å². The van der Waals surface area contributed by atoms with Crippen LogP contribution in [0.25, 0.3) is 0 Å². The van der Waals surface area contributed by atoms with E-state index < -0.39 is 0 Å². The topological polar surface area (TPSA) is 42.1 Å². The van der Waals surface area contributed by atoms with Crippen LogP contribution in [0.15, 0.2) is 5.38 Å². The van der Waals surface area contributed by atoms with Gasteiger partial charge in [0.15, 0.2) is 0 Å². The largest absolute Gasteiger partial charge is 0.326 e. The van der Waals surface area contributed by atoms with Gasteiger partial charge in [-0.1, -0.05) is 13.3 Å². The van der Waals surface area contributed by atoms with Gasteiger partial charge in [0.2, 0.25) is 0 Å². The van der Waals surface area contributed by atoms with Crippen molar-refractivity contribution in [1.82, 2.24) is 9.88 Å². The molecular formula is C13H23N3S. The molecule has 0 saturated carbocycles. The summed E-state index contributed by atoms with van der Waals surface area (Å²) < 4.78 is 0. The Bertz CT molecular complexity index is 350. The summed E-state index contributed by atoms with van der Waals surface area (Å²) in [6.45, 7) is 6.61. The second kappa shape index (κ2) is 5.94. The van der Waals surface area contributed by atoms with Crippen molar-refractivity contribution in [2.45, 2.75) is 51.6 Å². The van der Waals surface area contributed by atoms with E-state index in [1.165, 1.54) is 30.8 Å². The normalized spacial score (nSPS) is 27.0. The van der Waals surface area contributed by atoms with Crippen molar-refractivity contribution in [3.63, 3.8) is 0 Å². The van der Waals surface area contributed by atoms with Crippen LogP contribution in [0, 0.1) is 6.92 Å². The highest BCUT2D eigenvalue weighted by atomic mass is 32.1. The predicted octanol–water partition coefficient (Wildman–Crippen LogP) is 2.72. The van der Waals surface area contributed by atoms with Crippen LogP contribution in [-0.4, -0.2) is 29.0 Å². The predicted molar refractivity (Wildman–Crippen MR) is 73.3 cm³/mol. The van der Waals surface area contributed by atoms with E-state index in [-0.39, 0.29) is 6.04 Å². The fraction of sp³-hybridized carbons (Fsp3) is 0.769. The summed E-state index contributed by atoms with van der Waals surface area (Å²) in [6.07, 6.45) is 4.84. The Balaban J connectivity index is 2.22. The molecule has 2 unspecified atom stereocenters. The Morgan fingerprint density at radius 1 is 1.53 bits per heavy atom. The van der Waals surface area contributed by atoms with Crippen LogP contribution in [0.5, 0.6) is 0 Å². The van der Waals surface area contributed by atoms with Crippen LogP contribution in [-0.2, 0) is 0 Å². The van der Waals surface area contributed by atoms with E-state index in [2.05, 4.69) is 29.1 Å². The number of rotatable bonds is 3. The zero-order valence-corrected chi connectivity index (χ0v) is 11.7. The molecule has 0 aromatic carbocycles. The second-order valence-corrected chi connectivity index (χ2v) is 5.86. The van der Waals surface area contributed by atoms with Gasteiger partial charge in [-0.05, 0) is 39.3 Å². The first kappa shape index (κ1) is 13.0. The molecule has 1 aromatic rings. The van der Waals surface area contributed by atoms with Crippen molar-refractivity contribution in [2.24, 2.45) is 5.73 Å². The van der Waals surface area contributed by atoms with Gasteiger partial charge in [0.1, 0.15) is 5.01 Å². The molecule has 17 heavy (non-hydrogen) atoms. The molecule has 0 bridgehead atoms. The van der Waals surface area contributed by atoms with Crippen molar-refractivity contribution < 1.29 is 0 Å². The van der Waals surface area contributed by atoms with Gasteiger partial charge in [0.25, 0.3) is 0 Å². The lowest BCUT2D eigenvalue weighted by molar-refractivity contribution is 0.185. The van der Waals surface area contributed by atoms with E-state index in [4.69, 9.17) is 5.73 Å². The third-order valence-corrected chi connectivity index (χ3v) is 4.47. The average Bonchev–Trinajstić information content (AvgIpc) is 2.62. The summed E-state index contributed by atoms with van der Waals surface area (Å²) >= 11 is 1.77. The minimum atomic E-state index is 0.245. The van der Waals surface area contributed by atoms with Crippen molar-refractivity contribution in [2.75, 3.05) is 13.1 Å². The molecule has 2 N–H and O–H groups in total. The maximum Gasteiger partial charge on any atom is 0.112 e. The third kappa shape index (κ3) is 3.06. The first-order valence-corrected chi connectivity index (χ1v) is 7.52. The van der Waals surface area contributed by atoms with E-state index in [0.717, 1.165) is 18.7 Å². The van der Waals surface area contributed by atoms with Gasteiger partial charge in [-0.15, -0.1) is 11.3 Å². The number of aryl methyl sites for hydroxylation is 1. The number of nitrogens with zero attached hydrogens (tertiary/aromatic N) is 2. The van der Waals surface area contributed by atoms with E-state index in [0.29, 0.717) is 6.04 Å². The standard InChI is InChI=1S/C13H23N3S/c1-3-7-16-8-5-4-6-11(14)12(16)13-15-10(2)9-17-13/h9,11-12H,3-8,14H2,1-2H3. The van der Waals surface area contributed by atoms with Crippen molar-refractivity contribution in [3.8, 4) is 0 Å². The molecule has 2 atom stereocenters. The minimum Gasteiger partial charge on any atom is -0.326 e. The second-order valence-electron chi connectivity index (χ2n) is 4.97. The zero-order valence-electron chi connectivity index (χ0n) is 10.9. The Kier molecular flexibility index (Phi) is 4.54. The molecule has 96 valence electrons. The molecule has 0 spiro atoms. The highest BCUT2D eigenvalue weighted by Crippen LogP contribution is 2.31. The lowest BCUT2D eigenvalue weighted by Crippen LogP contribution is -2.40. The van der Waals surface area contributed by atoms with Gasteiger partial charge in [-0.2, -0.15) is 0 Å². The number of likely N-dealkylation sites (tertiary alicyclic amines) is 1. The van der Waals surface area contributed by atoms with E-state index in [1.807, 2.05) is 0 Å². The zero-order chi connectivity index (χ0) is 12.3. The van der Waals surface area contributed by atoms with Gasteiger partial charge < -0.3 is 5.73 Å². The van der Waals surface area contributed by atoms with Gasteiger partial charge in [-0.25, -0.2) is 4.98 Å². The molecule has 0 radical (unpaired) electrons. The lowest BCUT2D eigenvalue weighted by Gasteiger charge is -2.31. The van der Waals surface area contributed by atoms with Gasteiger partial charge in [-0.3, -0.25) is 4.90 Å². The SMILES string of the molecule is CCCN1CCCCC(N)C1c1nc(C)cs1. The first-order chi connectivity index (χ1) is 8.22. The van der Waals surface area contributed by atoms with E-state index in [9.17, 15) is 0 Å². The van der Waals surface area contributed by atoms with Crippen molar-refractivity contribution >= 4 is 11.3 Å². The van der Waals surface area contributed by atoms with Gasteiger partial charge in [0, 0.05) is 17.1 Å². The summed E-state index contributed by atoms with van der Waals surface area (Å²) in [5.41, 5.74) is 7.49. The summed E-state index contributed by atoms with van der Waals surface area (Å²) in [6, 6.07) is 0.589. The van der Waals surface area contributed by atoms with Crippen LogP contribution in [0.2, 0.25) is 0 Å². The number of hydrogen-bond donors (Lipinski definition) is 1. The van der Waals surface area contributed by atoms with E-state index >= 15 is 0 Å². The maximum atomic E-state index is 6.37. The average molecular weight is 253 g/mol. The highest BCUT2D eigenvalue weighted by molar-refractivity contribution is 7.09. The molecule has 1 saturated heterocycles. The number of hydrogen-bond acceptors (Lipinski definition) is 4. The molecule has 0 amide bonds. The van der Waals surface area contributed by atoms with Crippen LogP contribution >= 0.6 is 11.3 Å². The third-order valence-electron chi connectivity index (χ3n) is 3.43. The lowest BCUT2D eigenvalue weighted by atomic mass is 10.0. The smallest absolute Gasteiger partial charge is 0.112 e. The molecule has 2 heterocycles. The number of nitrogens with two attached hydrogens (primary N) is 1. The van der Waals surface area contributed by atoms with Crippen LogP contribution in [0.4, 0.5) is 0 Å². The first-order valence-electron chi connectivity index (χ1n) is 6.64. The molecule has 4 heteroatoms. The summed E-state index contributed by atoms with van der Waals surface area (Å²) in [4.78, 5) is 7.19. The molecule has 1 aliphatic heterocycles. The number of thiazole rings is 1. The minimum absolute atomic E-state index is 0.245. The van der Waals surface area contributed by atoms with Crippen LogP contribution < -0.4 is 5.73 Å². The van der Waals surface area contributed by atoms with Gasteiger partial charge in [0.05, 0.1) is 6.04 Å². The number of aromatic nitrogens is 1. The molecule has 0 aliphatic carbocycles. The molecule has 3 nitrogen and oxygen atoms in total. The molecule has 1 fully saturated rings. The molecule has 1 aliphatic rings. The van der Waals surface area contributed by atoms with Crippen LogP contribution in [0.3, 0.4) is 0 Å². The summed E-state index contributed by atoms with van der Waals surface area (Å²) in [5, 5.41) is 3.35. The fourth-order valence-electron chi connectivity index (χ4n) is 2.65. The summed E-state index contributed by atoms with van der Waals surface area (Å²) in [5.74, 6) is 0. The highest BCUT2D eigenvalue weighted by Gasteiger charge is 2.30. The summed E-state index contributed by atoms with van der Waals surface area (Å²) in [7, 11) is 0. The Morgan fingerprint density at radius 3 is 3.00 bits per heavy atom.